The van der Waals surface area contributed by atoms with Gasteiger partial charge in [0, 0.05) is 38.7 Å². The van der Waals surface area contributed by atoms with E-state index < -0.39 is 0 Å². The second-order valence-electron chi connectivity index (χ2n) is 12.1. The number of hydrogen-bond acceptors (Lipinski definition) is 3. The Morgan fingerprint density at radius 2 is 0.735 bits per heavy atom. The van der Waals surface area contributed by atoms with Crippen LogP contribution in [0.2, 0.25) is 0 Å². The van der Waals surface area contributed by atoms with Crippen LogP contribution in [-0.4, -0.2) is 19.5 Å². The Bertz CT molecular complexity index is 2500. The van der Waals surface area contributed by atoms with Crippen LogP contribution in [0.4, 0.5) is 0 Å². The molecule has 0 spiro atoms. The molecule has 0 saturated heterocycles. The predicted octanol–water partition coefficient (Wildman–Crippen LogP) is 11.3. The van der Waals surface area contributed by atoms with Crippen molar-refractivity contribution in [2.75, 3.05) is 0 Å². The van der Waals surface area contributed by atoms with E-state index in [1.54, 1.807) is 0 Å². The summed E-state index contributed by atoms with van der Waals surface area (Å²) in [7, 11) is 0. The van der Waals surface area contributed by atoms with Gasteiger partial charge in [-0.3, -0.25) is 0 Å². The van der Waals surface area contributed by atoms with Crippen LogP contribution in [0.15, 0.2) is 182 Å². The standard InChI is InChI=1S/C45H30N4/c1-4-13-31(14-5-1)32-27-29-37(30-28-32)49-41-22-11-10-19-39(41)40-21-12-20-38(42(40)49)33-23-25-36(26-24-33)45-47-43(34-15-6-2-7-16-34)46-44(48-45)35-17-8-3-9-18-35/h1-30H. The third-order valence-electron chi connectivity index (χ3n) is 9.08. The van der Waals surface area contributed by atoms with Gasteiger partial charge in [-0.25, -0.2) is 15.0 Å². The van der Waals surface area contributed by atoms with E-state index in [-0.39, 0.29) is 0 Å². The van der Waals surface area contributed by atoms with Gasteiger partial charge in [-0.1, -0.05) is 164 Å². The van der Waals surface area contributed by atoms with Gasteiger partial charge >= 0.3 is 0 Å². The summed E-state index contributed by atoms with van der Waals surface area (Å²) in [5, 5.41) is 2.46. The van der Waals surface area contributed by atoms with E-state index in [0.29, 0.717) is 17.5 Å². The molecule has 2 aromatic heterocycles. The molecule has 9 rings (SSSR count). The predicted molar refractivity (Wildman–Crippen MR) is 201 cm³/mol. The van der Waals surface area contributed by atoms with Gasteiger partial charge in [-0.2, -0.15) is 0 Å². The number of nitrogens with zero attached hydrogens (tertiary/aromatic N) is 4. The Hall–Kier alpha value is -6.65. The summed E-state index contributed by atoms with van der Waals surface area (Å²) in [4.78, 5) is 14.7. The molecule has 49 heavy (non-hydrogen) atoms. The quantitative estimate of drug-likeness (QED) is 0.184. The first-order valence-electron chi connectivity index (χ1n) is 16.5. The van der Waals surface area contributed by atoms with Crippen LogP contribution in [0.3, 0.4) is 0 Å². The molecule has 0 aliphatic carbocycles. The Balaban J connectivity index is 1.16. The molecule has 0 unspecified atom stereocenters. The van der Waals surface area contributed by atoms with Crippen molar-refractivity contribution in [3.05, 3.63) is 182 Å². The SMILES string of the molecule is c1ccc(-c2ccc(-n3c4ccccc4c4cccc(-c5ccc(-c6nc(-c7ccccc7)nc(-c7ccccc7)n6)cc5)c43)cc2)cc1. The molecule has 4 nitrogen and oxygen atoms in total. The third-order valence-corrected chi connectivity index (χ3v) is 9.08. The number of aromatic nitrogens is 4. The lowest BCUT2D eigenvalue weighted by atomic mass is 10.0. The summed E-state index contributed by atoms with van der Waals surface area (Å²) >= 11 is 0. The first kappa shape index (κ1) is 28.6. The zero-order valence-electron chi connectivity index (χ0n) is 26.6. The number of para-hydroxylation sites is 2. The maximum atomic E-state index is 4.94. The normalized spacial score (nSPS) is 11.3. The molecule has 7 aromatic carbocycles. The zero-order chi connectivity index (χ0) is 32.6. The molecule has 2 heterocycles. The molecule has 0 radical (unpaired) electrons. The van der Waals surface area contributed by atoms with E-state index in [4.69, 9.17) is 15.0 Å². The molecule has 0 aliphatic rings. The molecule has 0 atom stereocenters. The number of fused-ring (bicyclic) bond motifs is 3. The molecular weight excluding hydrogens is 597 g/mol. The highest BCUT2D eigenvalue weighted by Gasteiger charge is 2.17. The van der Waals surface area contributed by atoms with E-state index in [9.17, 15) is 0 Å². The Morgan fingerprint density at radius 3 is 1.33 bits per heavy atom. The van der Waals surface area contributed by atoms with Gasteiger partial charge in [0.15, 0.2) is 17.5 Å². The van der Waals surface area contributed by atoms with Crippen LogP contribution >= 0.6 is 0 Å². The fourth-order valence-electron chi connectivity index (χ4n) is 6.69. The number of rotatable bonds is 6. The summed E-state index contributed by atoms with van der Waals surface area (Å²) in [6, 6.07) is 63.4. The van der Waals surface area contributed by atoms with Crippen LogP contribution in [0.5, 0.6) is 0 Å². The first-order chi connectivity index (χ1) is 24.3. The number of hydrogen-bond donors (Lipinski definition) is 0. The molecule has 0 amide bonds. The molecule has 0 aliphatic heterocycles. The summed E-state index contributed by atoms with van der Waals surface area (Å²) < 4.78 is 2.40. The van der Waals surface area contributed by atoms with E-state index in [1.807, 2.05) is 60.7 Å². The van der Waals surface area contributed by atoms with Crippen molar-refractivity contribution in [1.82, 2.24) is 19.5 Å². The third kappa shape index (κ3) is 5.26. The summed E-state index contributed by atoms with van der Waals surface area (Å²) in [6.45, 7) is 0. The average molecular weight is 627 g/mol. The maximum absolute atomic E-state index is 4.94. The first-order valence-corrected chi connectivity index (χ1v) is 16.5. The summed E-state index contributed by atoms with van der Waals surface area (Å²) in [5.74, 6) is 1.95. The zero-order valence-corrected chi connectivity index (χ0v) is 26.6. The molecule has 9 aromatic rings. The van der Waals surface area contributed by atoms with Crippen LogP contribution in [0.25, 0.3) is 83.9 Å². The highest BCUT2D eigenvalue weighted by Crippen LogP contribution is 2.39. The van der Waals surface area contributed by atoms with Crippen LogP contribution in [0, 0.1) is 0 Å². The van der Waals surface area contributed by atoms with Gasteiger partial charge in [-0.15, -0.1) is 0 Å². The average Bonchev–Trinajstić information content (AvgIpc) is 3.53. The Kier molecular flexibility index (Phi) is 7.10. The second-order valence-corrected chi connectivity index (χ2v) is 12.1. The minimum absolute atomic E-state index is 0.644. The molecule has 0 N–H and O–H groups in total. The van der Waals surface area contributed by atoms with E-state index in [2.05, 4.69) is 126 Å². The molecule has 0 bridgehead atoms. The van der Waals surface area contributed by atoms with Crippen molar-refractivity contribution in [1.29, 1.82) is 0 Å². The lowest BCUT2D eigenvalue weighted by Crippen LogP contribution is -2.00. The van der Waals surface area contributed by atoms with Gasteiger partial charge in [0.05, 0.1) is 11.0 Å². The van der Waals surface area contributed by atoms with Crippen molar-refractivity contribution in [3.8, 4) is 62.1 Å². The minimum Gasteiger partial charge on any atom is -0.309 e. The van der Waals surface area contributed by atoms with E-state index in [0.717, 1.165) is 33.5 Å². The number of benzene rings is 7. The summed E-state index contributed by atoms with van der Waals surface area (Å²) in [5.41, 5.74) is 11.0. The molecule has 0 fully saturated rings. The highest BCUT2D eigenvalue weighted by molar-refractivity contribution is 6.13. The van der Waals surface area contributed by atoms with Crippen molar-refractivity contribution in [2.24, 2.45) is 0 Å². The van der Waals surface area contributed by atoms with Gasteiger partial charge in [-0.05, 0) is 34.9 Å². The fraction of sp³-hybridized carbons (Fsp3) is 0. The van der Waals surface area contributed by atoms with E-state index in [1.165, 1.54) is 32.9 Å². The second kappa shape index (κ2) is 12.2. The lowest BCUT2D eigenvalue weighted by molar-refractivity contribution is 1.07. The van der Waals surface area contributed by atoms with Gasteiger partial charge < -0.3 is 4.57 Å². The van der Waals surface area contributed by atoms with Crippen molar-refractivity contribution in [2.45, 2.75) is 0 Å². The van der Waals surface area contributed by atoms with Gasteiger partial charge in [0.2, 0.25) is 0 Å². The van der Waals surface area contributed by atoms with Crippen molar-refractivity contribution in [3.63, 3.8) is 0 Å². The highest BCUT2D eigenvalue weighted by atomic mass is 15.0. The fourth-order valence-corrected chi connectivity index (χ4v) is 6.69. The molecular formula is C45H30N4. The van der Waals surface area contributed by atoms with Crippen LogP contribution in [-0.2, 0) is 0 Å². The minimum atomic E-state index is 0.644. The van der Waals surface area contributed by atoms with Gasteiger partial charge in [0.1, 0.15) is 0 Å². The topological polar surface area (TPSA) is 43.6 Å². The maximum Gasteiger partial charge on any atom is 0.164 e. The largest absolute Gasteiger partial charge is 0.309 e. The van der Waals surface area contributed by atoms with Gasteiger partial charge in [0.25, 0.3) is 0 Å². The van der Waals surface area contributed by atoms with Crippen molar-refractivity contribution < 1.29 is 0 Å². The Morgan fingerprint density at radius 1 is 0.306 bits per heavy atom. The Labute approximate surface area is 284 Å². The van der Waals surface area contributed by atoms with E-state index >= 15 is 0 Å². The monoisotopic (exact) mass is 626 g/mol. The smallest absolute Gasteiger partial charge is 0.164 e. The molecule has 230 valence electrons. The molecule has 0 saturated carbocycles. The van der Waals surface area contributed by atoms with Crippen LogP contribution in [0.1, 0.15) is 0 Å². The summed E-state index contributed by atoms with van der Waals surface area (Å²) in [6.07, 6.45) is 0. The van der Waals surface area contributed by atoms with Crippen molar-refractivity contribution >= 4 is 21.8 Å². The molecule has 4 heteroatoms. The lowest BCUT2D eigenvalue weighted by Gasteiger charge is -2.13. The van der Waals surface area contributed by atoms with Crippen LogP contribution < -0.4 is 0 Å².